The number of hydrogen-bond donors (Lipinski definition) is 2. The van der Waals surface area contributed by atoms with E-state index in [1.165, 1.54) is 0 Å². The summed E-state index contributed by atoms with van der Waals surface area (Å²) in [5.41, 5.74) is 1.27. The van der Waals surface area contributed by atoms with Gasteiger partial charge in [0.15, 0.2) is 0 Å². The summed E-state index contributed by atoms with van der Waals surface area (Å²) in [7, 11) is 1.59. The lowest BCUT2D eigenvalue weighted by atomic mass is 10.1. The monoisotopic (exact) mass is 312 g/mol. The number of rotatable bonds is 6. The molecule has 0 radical (unpaired) electrons. The van der Waals surface area contributed by atoms with Gasteiger partial charge >= 0.3 is 0 Å². The maximum absolute atomic E-state index is 12.0. The number of methoxy groups -OCH3 is 1. The minimum Gasteiger partial charge on any atom is -0.497 e. The van der Waals surface area contributed by atoms with Gasteiger partial charge in [0.2, 0.25) is 5.91 Å². The molecule has 2 amide bonds. The Hall–Kier alpha value is -2.82. The summed E-state index contributed by atoms with van der Waals surface area (Å²) in [6.07, 6.45) is 0.199. The van der Waals surface area contributed by atoms with E-state index in [0.717, 1.165) is 5.75 Å². The van der Waals surface area contributed by atoms with Crippen LogP contribution in [0.15, 0.2) is 54.6 Å². The molecule has 0 aliphatic heterocycles. The molecule has 0 heterocycles. The molecule has 1 atom stereocenters. The van der Waals surface area contributed by atoms with Crippen molar-refractivity contribution >= 4 is 17.5 Å². The van der Waals surface area contributed by atoms with Crippen molar-refractivity contribution in [3.8, 4) is 5.75 Å². The zero-order valence-corrected chi connectivity index (χ0v) is 13.2. The Morgan fingerprint density at radius 1 is 1.04 bits per heavy atom. The Bertz CT molecular complexity index is 654. The Morgan fingerprint density at radius 3 is 2.30 bits per heavy atom. The molecular formula is C18H20N2O3. The second-order valence-corrected chi connectivity index (χ2v) is 5.22. The van der Waals surface area contributed by atoms with Crippen LogP contribution in [-0.4, -0.2) is 25.0 Å². The Labute approximate surface area is 135 Å². The summed E-state index contributed by atoms with van der Waals surface area (Å²) in [5.74, 6) is 0.387. The zero-order valence-electron chi connectivity index (χ0n) is 13.2. The van der Waals surface area contributed by atoms with Gasteiger partial charge in [0, 0.05) is 23.7 Å². The molecule has 0 aliphatic carbocycles. The van der Waals surface area contributed by atoms with Gasteiger partial charge in [-0.2, -0.15) is 0 Å². The molecule has 120 valence electrons. The molecule has 0 saturated carbocycles. The number of amides is 2. The molecule has 0 bridgehead atoms. The van der Waals surface area contributed by atoms with Gasteiger partial charge in [-0.1, -0.05) is 18.2 Å². The first-order chi connectivity index (χ1) is 11.1. The Kier molecular flexibility index (Phi) is 5.74. The van der Waals surface area contributed by atoms with E-state index in [0.29, 0.717) is 11.3 Å². The molecule has 5 nitrogen and oxygen atoms in total. The molecular weight excluding hydrogens is 292 g/mol. The van der Waals surface area contributed by atoms with E-state index in [4.69, 9.17) is 4.74 Å². The van der Waals surface area contributed by atoms with Crippen molar-refractivity contribution in [2.45, 2.75) is 19.4 Å². The van der Waals surface area contributed by atoms with Crippen molar-refractivity contribution in [1.29, 1.82) is 0 Å². The van der Waals surface area contributed by atoms with E-state index in [1.54, 1.807) is 62.6 Å². The Morgan fingerprint density at radius 2 is 1.70 bits per heavy atom. The van der Waals surface area contributed by atoms with Gasteiger partial charge in [-0.3, -0.25) is 9.59 Å². The minimum atomic E-state index is -0.263. The number of nitrogens with one attached hydrogen (secondary N) is 2. The highest BCUT2D eigenvalue weighted by Crippen LogP contribution is 2.15. The SMILES string of the molecule is COc1ccc(NC(=O)CC(C)NC(=O)c2ccccc2)cc1. The van der Waals surface area contributed by atoms with E-state index in [2.05, 4.69) is 10.6 Å². The third kappa shape index (κ3) is 5.14. The third-order valence-corrected chi connectivity index (χ3v) is 3.28. The summed E-state index contributed by atoms with van der Waals surface area (Å²) in [4.78, 5) is 24.0. The quantitative estimate of drug-likeness (QED) is 0.862. The van der Waals surface area contributed by atoms with E-state index >= 15 is 0 Å². The topological polar surface area (TPSA) is 67.4 Å². The molecule has 0 aliphatic rings. The first kappa shape index (κ1) is 16.5. The number of anilines is 1. The molecule has 2 N–H and O–H groups in total. The van der Waals surface area contributed by atoms with Crippen LogP contribution in [0.1, 0.15) is 23.7 Å². The van der Waals surface area contributed by atoms with Gasteiger partial charge in [0.1, 0.15) is 5.75 Å². The maximum Gasteiger partial charge on any atom is 0.251 e. The number of hydrogen-bond acceptors (Lipinski definition) is 3. The van der Waals surface area contributed by atoms with Crippen LogP contribution in [0, 0.1) is 0 Å². The highest BCUT2D eigenvalue weighted by molar-refractivity contribution is 5.95. The lowest BCUT2D eigenvalue weighted by Crippen LogP contribution is -2.35. The fraction of sp³-hybridized carbons (Fsp3) is 0.222. The summed E-state index contributed by atoms with van der Waals surface area (Å²) in [6, 6.07) is 15.7. The predicted molar refractivity (Wildman–Crippen MR) is 89.6 cm³/mol. The lowest BCUT2D eigenvalue weighted by molar-refractivity contribution is -0.116. The van der Waals surface area contributed by atoms with Crippen LogP contribution in [0.25, 0.3) is 0 Å². The first-order valence-electron chi connectivity index (χ1n) is 7.38. The summed E-state index contributed by atoms with van der Waals surface area (Å²) in [6.45, 7) is 1.80. The van der Waals surface area contributed by atoms with Crippen molar-refractivity contribution in [1.82, 2.24) is 5.32 Å². The van der Waals surface area contributed by atoms with Gasteiger partial charge in [-0.05, 0) is 43.3 Å². The van der Waals surface area contributed by atoms with Crippen LogP contribution >= 0.6 is 0 Å². The average molecular weight is 312 g/mol. The normalized spacial score (nSPS) is 11.4. The largest absolute Gasteiger partial charge is 0.497 e. The van der Waals surface area contributed by atoms with Crippen LogP contribution in [0.4, 0.5) is 5.69 Å². The van der Waals surface area contributed by atoms with E-state index in [9.17, 15) is 9.59 Å². The van der Waals surface area contributed by atoms with Gasteiger partial charge in [0.05, 0.1) is 7.11 Å². The lowest BCUT2D eigenvalue weighted by Gasteiger charge is -2.14. The first-order valence-corrected chi connectivity index (χ1v) is 7.38. The van der Waals surface area contributed by atoms with Crippen molar-refractivity contribution in [3.63, 3.8) is 0 Å². The maximum atomic E-state index is 12.0. The number of carbonyl (C=O) groups is 2. The van der Waals surface area contributed by atoms with Crippen molar-refractivity contribution in [3.05, 3.63) is 60.2 Å². The third-order valence-electron chi connectivity index (χ3n) is 3.28. The number of carbonyl (C=O) groups excluding carboxylic acids is 2. The van der Waals surface area contributed by atoms with Crippen LogP contribution in [0.5, 0.6) is 5.75 Å². The highest BCUT2D eigenvalue weighted by Gasteiger charge is 2.13. The van der Waals surface area contributed by atoms with Crippen molar-refractivity contribution in [2.24, 2.45) is 0 Å². The smallest absolute Gasteiger partial charge is 0.251 e. The highest BCUT2D eigenvalue weighted by atomic mass is 16.5. The van der Waals surface area contributed by atoms with Crippen LogP contribution in [-0.2, 0) is 4.79 Å². The fourth-order valence-electron chi connectivity index (χ4n) is 2.11. The zero-order chi connectivity index (χ0) is 16.7. The molecule has 0 saturated heterocycles. The van der Waals surface area contributed by atoms with Gasteiger partial charge in [-0.25, -0.2) is 0 Å². The van der Waals surface area contributed by atoms with Crippen molar-refractivity contribution < 1.29 is 14.3 Å². The molecule has 5 heteroatoms. The van der Waals surface area contributed by atoms with E-state index in [1.807, 2.05) is 6.07 Å². The molecule has 1 unspecified atom stereocenters. The fourth-order valence-corrected chi connectivity index (χ4v) is 2.11. The molecule has 0 aromatic heterocycles. The van der Waals surface area contributed by atoms with Gasteiger partial charge in [-0.15, -0.1) is 0 Å². The average Bonchev–Trinajstić information content (AvgIpc) is 2.56. The molecule has 0 fully saturated rings. The predicted octanol–water partition coefficient (Wildman–Crippen LogP) is 2.84. The molecule has 0 spiro atoms. The van der Waals surface area contributed by atoms with Crippen molar-refractivity contribution in [2.75, 3.05) is 12.4 Å². The second-order valence-electron chi connectivity index (χ2n) is 5.22. The number of benzene rings is 2. The standard InChI is InChI=1S/C18H20N2O3/c1-13(19-18(22)14-6-4-3-5-7-14)12-17(21)20-15-8-10-16(23-2)11-9-15/h3-11,13H,12H2,1-2H3,(H,19,22)(H,20,21). The molecule has 2 aromatic carbocycles. The second kappa shape index (κ2) is 7.98. The van der Waals surface area contributed by atoms with Crippen LogP contribution in [0.2, 0.25) is 0 Å². The molecule has 23 heavy (non-hydrogen) atoms. The summed E-state index contributed by atoms with van der Waals surface area (Å²) < 4.78 is 5.06. The van der Waals surface area contributed by atoms with E-state index in [-0.39, 0.29) is 24.3 Å². The number of ether oxygens (including phenoxy) is 1. The van der Waals surface area contributed by atoms with E-state index < -0.39 is 0 Å². The van der Waals surface area contributed by atoms with Crippen LogP contribution < -0.4 is 15.4 Å². The Balaban J connectivity index is 1.83. The molecule has 2 rings (SSSR count). The summed E-state index contributed by atoms with van der Waals surface area (Å²) >= 11 is 0. The van der Waals surface area contributed by atoms with Gasteiger partial charge in [0.25, 0.3) is 5.91 Å². The summed E-state index contributed by atoms with van der Waals surface area (Å²) in [5, 5.41) is 5.60. The van der Waals surface area contributed by atoms with Crippen LogP contribution in [0.3, 0.4) is 0 Å². The minimum absolute atomic E-state index is 0.156. The van der Waals surface area contributed by atoms with Gasteiger partial charge < -0.3 is 15.4 Å². The molecule has 2 aromatic rings.